The van der Waals surface area contributed by atoms with Crippen LogP contribution < -0.4 is 20.1 Å². The normalized spacial score (nSPS) is 9.48. The highest BCUT2D eigenvalue weighted by molar-refractivity contribution is 5.85. The number of aliphatic hydroxyl groups is 1. The third kappa shape index (κ3) is 9.01. The average molecular weight is 341 g/mol. The largest absolute Gasteiger partial charge is 0.493 e. The Labute approximate surface area is 139 Å². The quantitative estimate of drug-likeness (QED) is 0.565. The zero-order chi connectivity index (χ0) is 13.9. The van der Waals surface area contributed by atoms with Gasteiger partial charge in [-0.3, -0.25) is 0 Å². The van der Waals surface area contributed by atoms with E-state index in [0.29, 0.717) is 6.54 Å². The molecule has 3 N–H and O–H groups in total. The van der Waals surface area contributed by atoms with Crippen molar-refractivity contribution in [2.75, 3.05) is 40.5 Å². The van der Waals surface area contributed by atoms with E-state index in [2.05, 4.69) is 10.6 Å². The SMILES string of the molecule is COc1ccc(CNCCCNCCO)cc1OC.Cl.Cl. The van der Waals surface area contributed by atoms with E-state index in [0.717, 1.165) is 37.6 Å². The lowest BCUT2D eigenvalue weighted by Gasteiger charge is -2.10. The topological polar surface area (TPSA) is 62.8 Å². The van der Waals surface area contributed by atoms with E-state index >= 15 is 0 Å². The molecule has 0 atom stereocenters. The molecule has 0 fully saturated rings. The molecule has 1 aromatic rings. The average Bonchev–Trinajstić information content (AvgIpc) is 2.46. The Morgan fingerprint density at radius 3 is 2.24 bits per heavy atom. The van der Waals surface area contributed by atoms with Crippen molar-refractivity contribution in [2.45, 2.75) is 13.0 Å². The highest BCUT2D eigenvalue weighted by Gasteiger charge is 2.03. The number of aliphatic hydroxyl groups excluding tert-OH is 1. The van der Waals surface area contributed by atoms with Crippen LogP contribution in [0.2, 0.25) is 0 Å². The minimum absolute atomic E-state index is 0. The van der Waals surface area contributed by atoms with Crippen LogP contribution >= 0.6 is 24.8 Å². The summed E-state index contributed by atoms with van der Waals surface area (Å²) in [4.78, 5) is 0. The first-order valence-corrected chi connectivity index (χ1v) is 6.55. The van der Waals surface area contributed by atoms with E-state index in [1.54, 1.807) is 14.2 Å². The minimum atomic E-state index is 0. The highest BCUT2D eigenvalue weighted by Crippen LogP contribution is 2.27. The lowest BCUT2D eigenvalue weighted by atomic mass is 10.2. The van der Waals surface area contributed by atoms with Gasteiger partial charge >= 0.3 is 0 Å². The summed E-state index contributed by atoms with van der Waals surface area (Å²) in [6.07, 6.45) is 1.04. The summed E-state index contributed by atoms with van der Waals surface area (Å²) < 4.78 is 10.5. The predicted octanol–water partition coefficient (Wildman–Crippen LogP) is 1.61. The number of nitrogens with one attached hydrogen (secondary N) is 2. The summed E-state index contributed by atoms with van der Waals surface area (Å²) >= 11 is 0. The fraction of sp³-hybridized carbons (Fsp3) is 0.571. The van der Waals surface area contributed by atoms with Gasteiger partial charge in [0, 0.05) is 13.1 Å². The van der Waals surface area contributed by atoms with E-state index < -0.39 is 0 Å². The fourth-order valence-electron chi connectivity index (χ4n) is 1.77. The molecule has 0 aliphatic carbocycles. The molecule has 0 unspecified atom stereocenters. The molecule has 124 valence electrons. The Bertz CT molecular complexity index is 368. The molecule has 5 nitrogen and oxygen atoms in total. The third-order valence-electron chi connectivity index (χ3n) is 2.77. The molecule has 0 saturated heterocycles. The van der Waals surface area contributed by atoms with Gasteiger partial charge in [0.1, 0.15) is 0 Å². The molecule has 0 aliphatic rings. The molecular weight excluding hydrogens is 315 g/mol. The minimum Gasteiger partial charge on any atom is -0.493 e. The molecular formula is C14H26Cl2N2O3. The predicted molar refractivity (Wildman–Crippen MR) is 90.3 cm³/mol. The smallest absolute Gasteiger partial charge is 0.161 e. The van der Waals surface area contributed by atoms with Gasteiger partial charge in [0.15, 0.2) is 11.5 Å². The van der Waals surface area contributed by atoms with E-state index in [9.17, 15) is 0 Å². The molecule has 0 aromatic heterocycles. The van der Waals surface area contributed by atoms with Crippen LogP contribution in [0.5, 0.6) is 11.5 Å². The van der Waals surface area contributed by atoms with Crippen LogP contribution in [0.3, 0.4) is 0 Å². The van der Waals surface area contributed by atoms with Crippen molar-refractivity contribution >= 4 is 24.8 Å². The summed E-state index contributed by atoms with van der Waals surface area (Å²) in [6.45, 7) is 3.52. The summed E-state index contributed by atoms with van der Waals surface area (Å²) in [7, 11) is 3.27. The fourth-order valence-corrected chi connectivity index (χ4v) is 1.77. The van der Waals surface area contributed by atoms with Crippen molar-refractivity contribution in [3.63, 3.8) is 0 Å². The second-order valence-electron chi connectivity index (χ2n) is 4.19. The van der Waals surface area contributed by atoms with E-state index in [-0.39, 0.29) is 31.4 Å². The number of halogens is 2. The molecule has 0 bridgehead atoms. The van der Waals surface area contributed by atoms with Gasteiger partial charge in [-0.25, -0.2) is 0 Å². The Morgan fingerprint density at radius 1 is 0.952 bits per heavy atom. The molecule has 1 rings (SSSR count). The lowest BCUT2D eigenvalue weighted by Crippen LogP contribution is -2.23. The zero-order valence-corrected chi connectivity index (χ0v) is 14.2. The number of hydrogen-bond donors (Lipinski definition) is 3. The molecule has 0 radical (unpaired) electrons. The van der Waals surface area contributed by atoms with E-state index in [4.69, 9.17) is 14.6 Å². The van der Waals surface area contributed by atoms with E-state index in [1.807, 2.05) is 18.2 Å². The van der Waals surface area contributed by atoms with Gasteiger partial charge in [0.25, 0.3) is 0 Å². The van der Waals surface area contributed by atoms with Crippen LogP contribution in [-0.4, -0.2) is 45.6 Å². The molecule has 0 saturated carbocycles. The summed E-state index contributed by atoms with van der Waals surface area (Å²) in [5.41, 5.74) is 1.17. The van der Waals surface area contributed by atoms with Gasteiger partial charge in [-0.2, -0.15) is 0 Å². The number of rotatable bonds is 10. The zero-order valence-electron chi connectivity index (χ0n) is 12.6. The number of ether oxygens (including phenoxy) is 2. The third-order valence-corrected chi connectivity index (χ3v) is 2.77. The van der Waals surface area contributed by atoms with Gasteiger partial charge in [0.2, 0.25) is 0 Å². The first kappa shape index (κ1) is 22.6. The van der Waals surface area contributed by atoms with Crippen LogP contribution in [-0.2, 0) is 6.54 Å². The molecule has 0 amide bonds. The first-order chi connectivity index (χ1) is 9.31. The van der Waals surface area contributed by atoms with Crippen LogP contribution in [0.4, 0.5) is 0 Å². The monoisotopic (exact) mass is 340 g/mol. The van der Waals surface area contributed by atoms with Crippen LogP contribution in [0.1, 0.15) is 12.0 Å². The summed E-state index contributed by atoms with van der Waals surface area (Å²) in [6, 6.07) is 5.92. The van der Waals surface area contributed by atoms with Crippen molar-refractivity contribution in [1.82, 2.24) is 10.6 Å². The van der Waals surface area contributed by atoms with Crippen molar-refractivity contribution in [1.29, 1.82) is 0 Å². The highest BCUT2D eigenvalue weighted by atomic mass is 35.5. The standard InChI is InChI=1S/C14H24N2O3.2ClH/c1-18-13-5-4-12(10-14(13)19-2)11-16-7-3-6-15-8-9-17;;/h4-5,10,15-17H,3,6-9,11H2,1-2H3;2*1H. The molecule has 1 aromatic carbocycles. The molecule has 0 aliphatic heterocycles. The second-order valence-corrected chi connectivity index (χ2v) is 4.19. The van der Waals surface area contributed by atoms with Gasteiger partial charge in [-0.1, -0.05) is 6.07 Å². The number of hydrogen-bond acceptors (Lipinski definition) is 5. The Kier molecular flexibility index (Phi) is 15.3. The van der Waals surface area contributed by atoms with Crippen LogP contribution in [0.25, 0.3) is 0 Å². The van der Waals surface area contributed by atoms with Crippen LogP contribution in [0, 0.1) is 0 Å². The number of methoxy groups -OCH3 is 2. The van der Waals surface area contributed by atoms with Gasteiger partial charge in [-0.15, -0.1) is 24.8 Å². The van der Waals surface area contributed by atoms with E-state index in [1.165, 1.54) is 5.56 Å². The molecule has 0 spiro atoms. The molecule has 7 heteroatoms. The van der Waals surface area contributed by atoms with Gasteiger partial charge in [0.05, 0.1) is 20.8 Å². The van der Waals surface area contributed by atoms with Gasteiger partial charge < -0.3 is 25.2 Å². The van der Waals surface area contributed by atoms with Crippen molar-refractivity contribution < 1.29 is 14.6 Å². The maximum atomic E-state index is 8.61. The summed E-state index contributed by atoms with van der Waals surface area (Å²) in [5, 5.41) is 15.1. The van der Waals surface area contributed by atoms with Crippen molar-refractivity contribution in [2.24, 2.45) is 0 Å². The number of benzene rings is 1. The molecule has 0 heterocycles. The van der Waals surface area contributed by atoms with Gasteiger partial charge in [-0.05, 0) is 37.2 Å². The van der Waals surface area contributed by atoms with Crippen molar-refractivity contribution in [3.05, 3.63) is 23.8 Å². The summed E-state index contributed by atoms with van der Waals surface area (Å²) in [5.74, 6) is 1.51. The lowest BCUT2D eigenvalue weighted by molar-refractivity contribution is 0.292. The van der Waals surface area contributed by atoms with Crippen LogP contribution in [0.15, 0.2) is 18.2 Å². The maximum Gasteiger partial charge on any atom is 0.161 e. The first-order valence-electron chi connectivity index (χ1n) is 6.55. The Morgan fingerprint density at radius 2 is 1.62 bits per heavy atom. The maximum absolute atomic E-state index is 8.61. The second kappa shape index (κ2) is 14.2. The Hall–Kier alpha value is -0.720. The molecule has 21 heavy (non-hydrogen) atoms. The Balaban J connectivity index is 0. The van der Waals surface area contributed by atoms with Crippen molar-refractivity contribution in [3.8, 4) is 11.5 Å².